The third kappa shape index (κ3) is 2.91. The van der Waals surface area contributed by atoms with Crippen LogP contribution in [0.25, 0.3) is 0 Å². The number of hydrogen-bond donors (Lipinski definition) is 1. The summed E-state index contributed by atoms with van der Waals surface area (Å²) in [6.45, 7) is 1.99. The standard InChI is InChI=1S/C13H17N3O/c1-10-5-6-14-8-12(10)13(17)4-3-11-7-15-16(2)9-11/h5-9,13,17H,3-4H2,1-2H3. The third-order valence-electron chi connectivity index (χ3n) is 2.90. The molecular weight excluding hydrogens is 214 g/mol. The summed E-state index contributed by atoms with van der Waals surface area (Å²) in [6.07, 6.45) is 8.35. The maximum atomic E-state index is 10.1. The van der Waals surface area contributed by atoms with E-state index in [0.29, 0.717) is 6.42 Å². The minimum Gasteiger partial charge on any atom is -0.388 e. The Kier molecular flexibility index (Phi) is 3.54. The first kappa shape index (κ1) is 11.8. The molecule has 2 rings (SSSR count). The third-order valence-corrected chi connectivity index (χ3v) is 2.90. The summed E-state index contributed by atoms with van der Waals surface area (Å²) in [5.41, 5.74) is 3.14. The molecule has 0 fully saturated rings. The zero-order valence-corrected chi connectivity index (χ0v) is 10.2. The van der Waals surface area contributed by atoms with Gasteiger partial charge in [-0.1, -0.05) is 0 Å². The number of aliphatic hydroxyl groups excluding tert-OH is 1. The first-order valence-electron chi connectivity index (χ1n) is 5.73. The van der Waals surface area contributed by atoms with E-state index in [1.165, 1.54) is 0 Å². The van der Waals surface area contributed by atoms with Crippen LogP contribution in [-0.4, -0.2) is 19.9 Å². The van der Waals surface area contributed by atoms with Crippen molar-refractivity contribution in [2.24, 2.45) is 7.05 Å². The van der Waals surface area contributed by atoms with Crippen LogP contribution in [0.2, 0.25) is 0 Å². The summed E-state index contributed by atoms with van der Waals surface area (Å²) >= 11 is 0. The maximum absolute atomic E-state index is 10.1. The van der Waals surface area contributed by atoms with Crippen LogP contribution >= 0.6 is 0 Å². The lowest BCUT2D eigenvalue weighted by Crippen LogP contribution is -2.02. The molecule has 4 heteroatoms. The minimum absolute atomic E-state index is 0.455. The lowest BCUT2D eigenvalue weighted by atomic mass is 10.0. The van der Waals surface area contributed by atoms with Crippen LogP contribution in [0.1, 0.15) is 29.2 Å². The summed E-state index contributed by atoms with van der Waals surface area (Å²) in [7, 11) is 1.89. The number of aromatic nitrogens is 3. The van der Waals surface area contributed by atoms with Crippen LogP contribution in [0, 0.1) is 6.92 Å². The summed E-state index contributed by atoms with van der Waals surface area (Å²) in [6, 6.07) is 1.92. The molecule has 1 N–H and O–H groups in total. The van der Waals surface area contributed by atoms with Gasteiger partial charge in [-0.25, -0.2) is 0 Å². The smallest absolute Gasteiger partial charge is 0.0810 e. The highest BCUT2D eigenvalue weighted by Crippen LogP contribution is 2.20. The lowest BCUT2D eigenvalue weighted by molar-refractivity contribution is 0.166. The lowest BCUT2D eigenvalue weighted by Gasteiger charge is -2.12. The summed E-state index contributed by atoms with van der Waals surface area (Å²) < 4.78 is 1.77. The van der Waals surface area contributed by atoms with Gasteiger partial charge >= 0.3 is 0 Å². The monoisotopic (exact) mass is 231 g/mol. The van der Waals surface area contributed by atoms with Crippen molar-refractivity contribution >= 4 is 0 Å². The van der Waals surface area contributed by atoms with Gasteiger partial charge in [-0.2, -0.15) is 5.10 Å². The van der Waals surface area contributed by atoms with Gasteiger partial charge in [0.2, 0.25) is 0 Å². The Morgan fingerprint density at radius 2 is 2.24 bits per heavy atom. The highest BCUT2D eigenvalue weighted by Gasteiger charge is 2.10. The fourth-order valence-electron chi connectivity index (χ4n) is 1.88. The maximum Gasteiger partial charge on any atom is 0.0810 e. The number of rotatable bonds is 4. The molecule has 2 aromatic rings. The van der Waals surface area contributed by atoms with Crippen molar-refractivity contribution in [3.8, 4) is 0 Å². The number of aryl methyl sites for hydroxylation is 3. The molecule has 0 aromatic carbocycles. The molecule has 1 unspecified atom stereocenters. The van der Waals surface area contributed by atoms with Crippen molar-refractivity contribution in [2.75, 3.05) is 0 Å². The van der Waals surface area contributed by atoms with E-state index in [0.717, 1.165) is 23.1 Å². The van der Waals surface area contributed by atoms with Gasteiger partial charge in [0.15, 0.2) is 0 Å². The molecule has 0 aliphatic carbocycles. The van der Waals surface area contributed by atoms with E-state index in [1.54, 1.807) is 17.1 Å². The van der Waals surface area contributed by atoms with Crippen LogP contribution in [0.4, 0.5) is 0 Å². The molecule has 2 aromatic heterocycles. The first-order valence-corrected chi connectivity index (χ1v) is 5.73. The summed E-state index contributed by atoms with van der Waals surface area (Å²) in [5, 5.41) is 14.2. The SMILES string of the molecule is Cc1ccncc1C(O)CCc1cnn(C)c1. The highest BCUT2D eigenvalue weighted by molar-refractivity contribution is 5.23. The van der Waals surface area contributed by atoms with Gasteiger partial charge < -0.3 is 5.11 Å². The molecule has 1 atom stereocenters. The van der Waals surface area contributed by atoms with Gasteiger partial charge in [-0.3, -0.25) is 9.67 Å². The molecule has 0 aliphatic heterocycles. The van der Waals surface area contributed by atoms with Crippen molar-refractivity contribution in [1.82, 2.24) is 14.8 Å². The van der Waals surface area contributed by atoms with E-state index >= 15 is 0 Å². The van der Waals surface area contributed by atoms with E-state index in [2.05, 4.69) is 10.1 Å². The van der Waals surface area contributed by atoms with Gasteiger partial charge in [0.25, 0.3) is 0 Å². The number of nitrogens with zero attached hydrogens (tertiary/aromatic N) is 3. The molecule has 0 bridgehead atoms. The van der Waals surface area contributed by atoms with E-state index in [-0.39, 0.29) is 0 Å². The van der Waals surface area contributed by atoms with Crippen LogP contribution in [0.5, 0.6) is 0 Å². The molecule has 2 heterocycles. The van der Waals surface area contributed by atoms with Gasteiger partial charge in [0.05, 0.1) is 12.3 Å². The Bertz CT molecular complexity index is 493. The summed E-state index contributed by atoms with van der Waals surface area (Å²) in [5.74, 6) is 0. The second-order valence-electron chi connectivity index (χ2n) is 4.31. The van der Waals surface area contributed by atoms with Crippen LogP contribution in [-0.2, 0) is 13.5 Å². The van der Waals surface area contributed by atoms with Crippen molar-refractivity contribution in [3.63, 3.8) is 0 Å². The second-order valence-corrected chi connectivity index (χ2v) is 4.31. The van der Waals surface area contributed by atoms with Gasteiger partial charge in [-0.15, -0.1) is 0 Å². The topological polar surface area (TPSA) is 50.9 Å². The number of pyridine rings is 1. The summed E-state index contributed by atoms with van der Waals surface area (Å²) in [4.78, 5) is 4.05. The van der Waals surface area contributed by atoms with E-state index in [4.69, 9.17) is 0 Å². The Morgan fingerprint density at radius 1 is 1.41 bits per heavy atom. The molecule has 4 nitrogen and oxygen atoms in total. The van der Waals surface area contributed by atoms with Crippen LogP contribution < -0.4 is 0 Å². The number of hydrogen-bond acceptors (Lipinski definition) is 3. The zero-order chi connectivity index (χ0) is 12.3. The van der Waals surface area contributed by atoms with Crippen LogP contribution in [0.15, 0.2) is 30.9 Å². The van der Waals surface area contributed by atoms with E-state index in [1.807, 2.05) is 32.4 Å². The Hall–Kier alpha value is -1.68. The molecule has 0 radical (unpaired) electrons. The Balaban J connectivity index is 1.98. The Morgan fingerprint density at radius 3 is 2.88 bits per heavy atom. The predicted octanol–water partition coefficient (Wildman–Crippen LogP) is 1.79. The molecular formula is C13H17N3O. The fraction of sp³-hybridized carbons (Fsp3) is 0.385. The molecule has 0 saturated carbocycles. The van der Waals surface area contributed by atoms with Crippen molar-refractivity contribution in [1.29, 1.82) is 0 Å². The normalized spacial score (nSPS) is 12.6. The molecule has 0 saturated heterocycles. The average molecular weight is 231 g/mol. The number of aliphatic hydroxyl groups is 1. The molecule has 90 valence electrons. The molecule has 0 aliphatic rings. The predicted molar refractivity (Wildman–Crippen MR) is 65.5 cm³/mol. The van der Waals surface area contributed by atoms with Crippen molar-refractivity contribution < 1.29 is 5.11 Å². The largest absolute Gasteiger partial charge is 0.388 e. The average Bonchev–Trinajstić information content (AvgIpc) is 2.73. The fourth-order valence-corrected chi connectivity index (χ4v) is 1.88. The molecule has 17 heavy (non-hydrogen) atoms. The van der Waals surface area contributed by atoms with Crippen molar-refractivity contribution in [3.05, 3.63) is 47.5 Å². The van der Waals surface area contributed by atoms with E-state index in [9.17, 15) is 5.11 Å². The first-order chi connectivity index (χ1) is 8.16. The highest BCUT2D eigenvalue weighted by atomic mass is 16.3. The zero-order valence-electron chi connectivity index (χ0n) is 10.2. The van der Waals surface area contributed by atoms with Gasteiger partial charge in [0.1, 0.15) is 0 Å². The second kappa shape index (κ2) is 5.10. The molecule has 0 amide bonds. The quantitative estimate of drug-likeness (QED) is 0.872. The van der Waals surface area contributed by atoms with Crippen LogP contribution in [0.3, 0.4) is 0 Å². The van der Waals surface area contributed by atoms with Gasteiger partial charge in [0, 0.05) is 31.2 Å². The van der Waals surface area contributed by atoms with Crippen molar-refractivity contribution in [2.45, 2.75) is 25.9 Å². The minimum atomic E-state index is -0.455. The molecule has 0 spiro atoms. The van der Waals surface area contributed by atoms with Gasteiger partial charge in [-0.05, 0) is 37.0 Å². The Labute approximate surface area is 101 Å². The van der Waals surface area contributed by atoms with E-state index < -0.39 is 6.10 Å².